The molecule has 1 saturated carbocycles. The maximum atomic E-state index is 11.7. The van der Waals surface area contributed by atoms with Crippen LogP contribution in [-0.2, 0) is 28.6 Å². The third-order valence-electron chi connectivity index (χ3n) is 4.20. The molecule has 0 unspecified atom stereocenters. The fourth-order valence-electron chi connectivity index (χ4n) is 3.22. The molecule has 0 saturated heterocycles. The third-order valence-corrected chi connectivity index (χ3v) is 4.20. The first-order chi connectivity index (χ1) is 10.1. The summed E-state index contributed by atoms with van der Waals surface area (Å²) in [5.41, 5.74) is 0. The van der Waals surface area contributed by atoms with Crippen LogP contribution in [0, 0.1) is 23.7 Å². The topological polar surface area (TPSA) is 78.9 Å². The van der Waals surface area contributed by atoms with Gasteiger partial charge < -0.3 is 23.8 Å². The van der Waals surface area contributed by atoms with Crippen LogP contribution in [0.1, 0.15) is 26.2 Å². The second kappa shape index (κ2) is 8.89. The highest BCUT2D eigenvalue weighted by Gasteiger charge is 2.44. The van der Waals surface area contributed by atoms with Gasteiger partial charge in [0.05, 0.1) is 6.61 Å². The highest BCUT2D eigenvalue weighted by Crippen LogP contribution is 2.41. The minimum Gasteiger partial charge on any atom is -0.466 e. The van der Waals surface area contributed by atoms with Gasteiger partial charge in [-0.3, -0.25) is 4.79 Å². The molecule has 1 rings (SSSR count). The molecule has 120 valence electrons. The molecule has 0 N–H and O–H groups in total. The van der Waals surface area contributed by atoms with Gasteiger partial charge in [-0.05, 0) is 25.7 Å². The molecule has 0 heterocycles. The lowest BCUT2D eigenvalue weighted by Gasteiger charge is -2.41. The normalized spacial score (nSPS) is 29.1. The number of ether oxygens (including phenoxy) is 3. The largest absolute Gasteiger partial charge is 0.466 e. The van der Waals surface area contributed by atoms with Crippen LogP contribution in [-0.4, -0.2) is 45.7 Å². The van der Waals surface area contributed by atoms with Crippen LogP contribution in [0.25, 0.3) is 0 Å². The van der Waals surface area contributed by atoms with Gasteiger partial charge in [0.15, 0.2) is 6.29 Å². The van der Waals surface area contributed by atoms with Gasteiger partial charge in [0.25, 0.3) is 0 Å². The zero-order valence-electron chi connectivity index (χ0n) is 12.8. The molecule has 0 aromatic carbocycles. The first-order valence-corrected chi connectivity index (χ1v) is 7.24. The summed E-state index contributed by atoms with van der Waals surface area (Å²) in [5, 5.41) is 0. The number of rotatable bonds is 8. The van der Waals surface area contributed by atoms with Gasteiger partial charge in [-0.1, -0.05) is 0 Å². The Morgan fingerprint density at radius 1 is 1.19 bits per heavy atom. The van der Waals surface area contributed by atoms with Gasteiger partial charge in [-0.2, -0.15) is 0 Å². The van der Waals surface area contributed by atoms with Crippen LogP contribution in [0.3, 0.4) is 0 Å². The highest BCUT2D eigenvalue weighted by atomic mass is 16.7. The van der Waals surface area contributed by atoms with E-state index in [9.17, 15) is 14.4 Å². The Kier molecular flexibility index (Phi) is 7.53. The Morgan fingerprint density at radius 2 is 1.86 bits per heavy atom. The van der Waals surface area contributed by atoms with Crippen molar-refractivity contribution in [2.24, 2.45) is 23.7 Å². The summed E-state index contributed by atoms with van der Waals surface area (Å²) in [6, 6.07) is 0. The van der Waals surface area contributed by atoms with E-state index in [0.29, 0.717) is 19.4 Å². The van der Waals surface area contributed by atoms with E-state index in [0.717, 1.165) is 12.6 Å². The minimum absolute atomic E-state index is 0.143. The van der Waals surface area contributed by atoms with Crippen LogP contribution >= 0.6 is 0 Å². The number of carbonyl (C=O) groups is 3. The van der Waals surface area contributed by atoms with Crippen molar-refractivity contribution in [1.82, 2.24) is 0 Å². The van der Waals surface area contributed by atoms with E-state index in [2.05, 4.69) is 0 Å². The molecular formula is C15H24O6. The third kappa shape index (κ3) is 4.35. The SMILES string of the molecule is CCOC(=O)C[C@@H]1CC[C@@H](C=O)[C@H](C(OC)OC)[C@H]1C=O. The maximum absolute atomic E-state index is 11.7. The van der Waals surface area contributed by atoms with Gasteiger partial charge in [0.2, 0.25) is 0 Å². The predicted octanol–water partition coefficient (Wildman–Crippen LogP) is 1.21. The number of carbonyl (C=O) groups excluding carboxylic acids is 3. The van der Waals surface area contributed by atoms with Crippen molar-refractivity contribution < 1.29 is 28.6 Å². The smallest absolute Gasteiger partial charge is 0.306 e. The average Bonchev–Trinajstić information content (AvgIpc) is 2.49. The monoisotopic (exact) mass is 300 g/mol. The van der Waals surface area contributed by atoms with Gasteiger partial charge in [-0.15, -0.1) is 0 Å². The van der Waals surface area contributed by atoms with Crippen molar-refractivity contribution in [3.63, 3.8) is 0 Å². The molecule has 6 nitrogen and oxygen atoms in total. The van der Waals surface area contributed by atoms with Crippen molar-refractivity contribution in [3.05, 3.63) is 0 Å². The van der Waals surface area contributed by atoms with Gasteiger partial charge in [-0.25, -0.2) is 0 Å². The number of aldehydes is 2. The minimum atomic E-state index is -0.639. The average molecular weight is 300 g/mol. The quantitative estimate of drug-likeness (QED) is 0.381. The summed E-state index contributed by atoms with van der Waals surface area (Å²) in [4.78, 5) is 34.5. The standard InChI is InChI=1S/C15H24O6/c1-4-21-13(18)7-10-5-6-11(8-16)14(12(10)9-17)15(19-2)20-3/h8-12,14-15H,4-7H2,1-3H3/t10-,11-,12-,14-/m0/s1. The van der Waals surface area contributed by atoms with E-state index in [1.807, 2.05) is 0 Å². The molecular weight excluding hydrogens is 276 g/mol. The predicted molar refractivity (Wildman–Crippen MR) is 74.4 cm³/mol. The number of hydrogen-bond acceptors (Lipinski definition) is 6. The second-order valence-electron chi connectivity index (χ2n) is 5.28. The lowest BCUT2D eigenvalue weighted by Crippen LogP contribution is -2.45. The number of hydrogen-bond donors (Lipinski definition) is 0. The fraction of sp³-hybridized carbons (Fsp3) is 0.800. The first-order valence-electron chi connectivity index (χ1n) is 7.24. The highest BCUT2D eigenvalue weighted by molar-refractivity contribution is 5.71. The molecule has 1 fully saturated rings. The second-order valence-corrected chi connectivity index (χ2v) is 5.28. The summed E-state index contributed by atoms with van der Waals surface area (Å²) >= 11 is 0. The van der Waals surface area contributed by atoms with Crippen molar-refractivity contribution in [1.29, 1.82) is 0 Å². The molecule has 4 atom stereocenters. The summed E-state index contributed by atoms with van der Waals surface area (Å²) in [6.07, 6.45) is 2.47. The summed E-state index contributed by atoms with van der Waals surface area (Å²) in [6.45, 7) is 2.06. The molecule has 0 spiro atoms. The molecule has 0 bridgehead atoms. The van der Waals surface area contributed by atoms with Gasteiger partial charge in [0.1, 0.15) is 12.6 Å². The van der Waals surface area contributed by atoms with E-state index >= 15 is 0 Å². The lowest BCUT2D eigenvalue weighted by molar-refractivity contribution is -0.179. The van der Waals surface area contributed by atoms with Crippen molar-refractivity contribution >= 4 is 18.5 Å². The Hall–Kier alpha value is -1.27. The van der Waals surface area contributed by atoms with Gasteiger partial charge >= 0.3 is 5.97 Å². The van der Waals surface area contributed by atoms with Crippen molar-refractivity contribution in [2.45, 2.75) is 32.5 Å². The molecule has 0 aliphatic heterocycles. The van der Waals surface area contributed by atoms with Crippen molar-refractivity contribution in [3.8, 4) is 0 Å². The van der Waals surface area contributed by atoms with Crippen molar-refractivity contribution in [2.75, 3.05) is 20.8 Å². The number of methoxy groups -OCH3 is 2. The van der Waals surface area contributed by atoms with Crippen LogP contribution in [0.4, 0.5) is 0 Å². The van der Waals surface area contributed by atoms with Gasteiger partial charge in [0, 0.05) is 38.4 Å². The van der Waals surface area contributed by atoms with Crippen LogP contribution < -0.4 is 0 Å². The maximum Gasteiger partial charge on any atom is 0.306 e. The Balaban J connectivity index is 2.91. The molecule has 0 radical (unpaired) electrons. The fourth-order valence-corrected chi connectivity index (χ4v) is 3.22. The summed E-state index contributed by atoms with van der Waals surface area (Å²) < 4.78 is 15.4. The molecule has 6 heteroatoms. The van der Waals surface area contributed by atoms with E-state index in [1.54, 1.807) is 6.92 Å². The van der Waals surface area contributed by atoms with E-state index in [1.165, 1.54) is 14.2 Å². The molecule has 0 amide bonds. The number of esters is 1. The molecule has 21 heavy (non-hydrogen) atoms. The zero-order valence-corrected chi connectivity index (χ0v) is 12.8. The lowest BCUT2D eigenvalue weighted by atomic mass is 9.66. The Morgan fingerprint density at radius 3 is 2.33 bits per heavy atom. The molecule has 1 aliphatic carbocycles. The van der Waals surface area contributed by atoms with Crippen LogP contribution in [0.5, 0.6) is 0 Å². The molecule has 0 aromatic heterocycles. The summed E-state index contributed by atoms with van der Waals surface area (Å²) in [5.74, 6) is -1.59. The molecule has 0 aromatic rings. The first kappa shape index (κ1) is 17.8. The van der Waals surface area contributed by atoms with E-state index in [-0.39, 0.29) is 30.1 Å². The van der Waals surface area contributed by atoms with E-state index < -0.39 is 12.2 Å². The Bertz CT molecular complexity index is 352. The zero-order chi connectivity index (χ0) is 15.8. The summed E-state index contributed by atoms with van der Waals surface area (Å²) in [7, 11) is 2.96. The van der Waals surface area contributed by atoms with E-state index in [4.69, 9.17) is 14.2 Å². The van der Waals surface area contributed by atoms with Crippen LogP contribution in [0.2, 0.25) is 0 Å². The van der Waals surface area contributed by atoms with Crippen LogP contribution in [0.15, 0.2) is 0 Å². The molecule has 1 aliphatic rings. The Labute approximate surface area is 125 Å².